The SMILES string of the molecule is C[C@@H]1C[C@@H](C)CN(C(=O)c2nc3c(o2)CCN(CCF)C3)C1. The third-order valence-corrected chi connectivity index (χ3v) is 4.55. The van der Waals surface area contributed by atoms with Gasteiger partial charge >= 0.3 is 5.91 Å². The van der Waals surface area contributed by atoms with E-state index < -0.39 is 0 Å². The van der Waals surface area contributed by atoms with Gasteiger partial charge in [0, 0.05) is 39.1 Å². The highest BCUT2D eigenvalue weighted by molar-refractivity contribution is 5.89. The van der Waals surface area contributed by atoms with Crippen LogP contribution < -0.4 is 0 Å². The molecule has 22 heavy (non-hydrogen) atoms. The molecule has 2 aliphatic heterocycles. The molecule has 2 atom stereocenters. The van der Waals surface area contributed by atoms with Gasteiger partial charge in [0.05, 0.1) is 5.69 Å². The Bertz CT molecular complexity index is 535. The quantitative estimate of drug-likeness (QED) is 0.858. The van der Waals surface area contributed by atoms with Gasteiger partial charge in [-0.2, -0.15) is 0 Å². The van der Waals surface area contributed by atoms with Crippen molar-refractivity contribution < 1.29 is 13.6 Å². The van der Waals surface area contributed by atoms with E-state index in [9.17, 15) is 9.18 Å². The molecule has 0 N–H and O–H groups in total. The van der Waals surface area contributed by atoms with Gasteiger partial charge in [-0.05, 0) is 18.3 Å². The summed E-state index contributed by atoms with van der Waals surface area (Å²) in [7, 11) is 0. The van der Waals surface area contributed by atoms with Crippen LogP contribution in [-0.4, -0.2) is 53.5 Å². The van der Waals surface area contributed by atoms with Crippen LogP contribution in [0.1, 0.15) is 42.4 Å². The highest BCUT2D eigenvalue weighted by Gasteiger charge is 2.31. The Kier molecular flexibility index (Phi) is 4.47. The van der Waals surface area contributed by atoms with Crippen molar-refractivity contribution in [3.05, 3.63) is 17.3 Å². The summed E-state index contributed by atoms with van der Waals surface area (Å²) in [6, 6.07) is 0. The van der Waals surface area contributed by atoms with Crippen molar-refractivity contribution in [3.8, 4) is 0 Å². The third-order valence-electron chi connectivity index (χ3n) is 4.55. The van der Waals surface area contributed by atoms with Crippen LogP contribution in [-0.2, 0) is 13.0 Å². The lowest BCUT2D eigenvalue weighted by atomic mass is 9.92. The molecule has 0 aromatic carbocycles. The summed E-state index contributed by atoms with van der Waals surface area (Å²) in [5, 5.41) is 0. The van der Waals surface area contributed by atoms with Crippen LogP contribution in [0.25, 0.3) is 0 Å². The molecule has 0 bridgehead atoms. The van der Waals surface area contributed by atoms with Crippen molar-refractivity contribution in [1.29, 1.82) is 0 Å². The first-order chi connectivity index (χ1) is 10.6. The Balaban J connectivity index is 1.72. The van der Waals surface area contributed by atoms with Gasteiger partial charge in [-0.25, -0.2) is 9.37 Å². The monoisotopic (exact) mass is 309 g/mol. The molecule has 5 nitrogen and oxygen atoms in total. The van der Waals surface area contributed by atoms with E-state index in [0.717, 1.165) is 37.5 Å². The molecule has 6 heteroatoms. The molecule has 1 saturated heterocycles. The van der Waals surface area contributed by atoms with Gasteiger partial charge in [0.2, 0.25) is 0 Å². The molecule has 3 rings (SSSR count). The maximum absolute atomic E-state index is 12.6. The predicted octanol–water partition coefficient (Wildman–Crippen LogP) is 2.12. The molecule has 2 aliphatic rings. The van der Waals surface area contributed by atoms with Crippen molar-refractivity contribution in [3.63, 3.8) is 0 Å². The second-order valence-electron chi connectivity index (χ2n) is 6.76. The highest BCUT2D eigenvalue weighted by atomic mass is 19.1. The van der Waals surface area contributed by atoms with Gasteiger partial charge in [0.1, 0.15) is 12.4 Å². The van der Waals surface area contributed by atoms with Gasteiger partial charge in [-0.3, -0.25) is 9.69 Å². The fourth-order valence-corrected chi connectivity index (χ4v) is 3.62. The topological polar surface area (TPSA) is 49.6 Å². The third kappa shape index (κ3) is 3.16. The van der Waals surface area contributed by atoms with Crippen molar-refractivity contribution in [2.24, 2.45) is 11.8 Å². The smallest absolute Gasteiger partial charge is 0.309 e. The molecule has 0 radical (unpaired) electrons. The summed E-state index contributed by atoms with van der Waals surface area (Å²) in [6.07, 6.45) is 1.85. The minimum atomic E-state index is -0.359. The molecule has 1 fully saturated rings. The number of hydrogen-bond acceptors (Lipinski definition) is 4. The Morgan fingerprint density at radius 2 is 2.09 bits per heavy atom. The fourth-order valence-electron chi connectivity index (χ4n) is 3.62. The van der Waals surface area contributed by atoms with E-state index in [4.69, 9.17) is 4.42 Å². The van der Waals surface area contributed by atoms with Crippen LogP contribution in [0.5, 0.6) is 0 Å². The van der Waals surface area contributed by atoms with Gasteiger partial charge in [-0.1, -0.05) is 13.8 Å². The number of aromatic nitrogens is 1. The lowest BCUT2D eigenvalue weighted by molar-refractivity contribution is 0.0581. The lowest BCUT2D eigenvalue weighted by Crippen LogP contribution is -2.42. The van der Waals surface area contributed by atoms with E-state index in [1.165, 1.54) is 0 Å². The fraction of sp³-hybridized carbons (Fsp3) is 0.750. The number of oxazole rings is 1. The molecule has 0 unspecified atom stereocenters. The Morgan fingerprint density at radius 1 is 1.36 bits per heavy atom. The van der Waals surface area contributed by atoms with Gasteiger partial charge in [0.15, 0.2) is 0 Å². The molecule has 1 aromatic heterocycles. The number of rotatable bonds is 3. The van der Waals surface area contributed by atoms with Crippen molar-refractivity contribution in [2.45, 2.75) is 33.2 Å². The maximum Gasteiger partial charge on any atom is 0.309 e. The number of hydrogen-bond donors (Lipinski definition) is 0. The van der Waals surface area contributed by atoms with Crippen LogP contribution in [0.3, 0.4) is 0 Å². The highest BCUT2D eigenvalue weighted by Crippen LogP contribution is 2.24. The first kappa shape index (κ1) is 15.5. The molecule has 3 heterocycles. The largest absolute Gasteiger partial charge is 0.437 e. The number of amides is 1. The van der Waals surface area contributed by atoms with Crippen molar-refractivity contribution in [1.82, 2.24) is 14.8 Å². The van der Waals surface area contributed by atoms with Crippen LogP contribution >= 0.6 is 0 Å². The molecule has 0 saturated carbocycles. The zero-order valence-corrected chi connectivity index (χ0v) is 13.3. The Hall–Kier alpha value is -1.43. The average Bonchev–Trinajstić information content (AvgIpc) is 2.89. The van der Waals surface area contributed by atoms with Crippen molar-refractivity contribution >= 4 is 5.91 Å². The maximum atomic E-state index is 12.6. The number of nitrogens with zero attached hydrogens (tertiary/aromatic N) is 3. The summed E-state index contributed by atoms with van der Waals surface area (Å²) in [5.74, 6) is 1.91. The summed E-state index contributed by atoms with van der Waals surface area (Å²) < 4.78 is 18.2. The second kappa shape index (κ2) is 6.36. The van der Waals surface area contributed by atoms with Gasteiger partial charge < -0.3 is 9.32 Å². The minimum absolute atomic E-state index is 0.107. The summed E-state index contributed by atoms with van der Waals surface area (Å²) in [6.45, 7) is 7.27. The van der Waals surface area contributed by atoms with Gasteiger partial charge in [0.25, 0.3) is 5.89 Å². The van der Waals surface area contributed by atoms with E-state index in [1.54, 1.807) is 0 Å². The van der Waals surface area contributed by atoms with Crippen LogP contribution in [0.4, 0.5) is 4.39 Å². The van der Waals surface area contributed by atoms with Crippen LogP contribution in [0, 0.1) is 11.8 Å². The number of alkyl halides is 1. The number of carbonyl (C=O) groups is 1. The molecular formula is C16H24FN3O2. The molecule has 0 aliphatic carbocycles. The first-order valence-electron chi connectivity index (χ1n) is 8.13. The lowest BCUT2D eigenvalue weighted by Gasteiger charge is -2.34. The Labute approximate surface area is 130 Å². The van der Waals surface area contributed by atoms with E-state index in [0.29, 0.717) is 31.3 Å². The normalized spacial score (nSPS) is 26.0. The minimum Gasteiger partial charge on any atom is -0.437 e. The average molecular weight is 309 g/mol. The predicted molar refractivity (Wildman–Crippen MR) is 80.3 cm³/mol. The molecule has 0 spiro atoms. The standard InChI is InChI=1S/C16H24FN3O2/c1-11-7-12(2)9-20(8-11)16(21)15-18-13-10-19(6-4-17)5-3-14(13)22-15/h11-12H,3-10H2,1-2H3/t11-,12-/m1/s1. The van der Waals surface area contributed by atoms with Crippen LogP contribution in [0.2, 0.25) is 0 Å². The van der Waals surface area contributed by atoms with Crippen LogP contribution in [0.15, 0.2) is 4.42 Å². The zero-order valence-electron chi connectivity index (χ0n) is 13.3. The van der Waals surface area contributed by atoms with Crippen molar-refractivity contribution in [2.75, 3.05) is 32.9 Å². The summed E-state index contributed by atoms with van der Waals surface area (Å²) in [4.78, 5) is 20.9. The zero-order chi connectivity index (χ0) is 15.7. The number of carbonyl (C=O) groups excluding carboxylic acids is 1. The van der Waals surface area contributed by atoms with E-state index in [2.05, 4.69) is 18.8 Å². The second-order valence-corrected chi connectivity index (χ2v) is 6.76. The molecule has 122 valence electrons. The first-order valence-corrected chi connectivity index (χ1v) is 8.13. The summed E-state index contributed by atoms with van der Waals surface area (Å²) >= 11 is 0. The molecule has 1 aromatic rings. The Morgan fingerprint density at radius 3 is 2.77 bits per heavy atom. The summed E-state index contributed by atoms with van der Waals surface area (Å²) in [5.41, 5.74) is 0.793. The van der Waals surface area contributed by atoms with E-state index in [1.807, 2.05) is 9.80 Å². The molecular weight excluding hydrogens is 285 g/mol. The van der Waals surface area contributed by atoms with E-state index >= 15 is 0 Å². The number of piperidine rings is 1. The van der Waals surface area contributed by atoms with E-state index in [-0.39, 0.29) is 18.5 Å². The number of halogens is 1. The molecule has 1 amide bonds. The number of likely N-dealkylation sites (tertiary alicyclic amines) is 1. The van der Waals surface area contributed by atoms with Gasteiger partial charge in [-0.15, -0.1) is 0 Å². The number of fused-ring (bicyclic) bond motifs is 1.